The van der Waals surface area contributed by atoms with E-state index in [0.717, 1.165) is 0 Å². The van der Waals surface area contributed by atoms with Crippen molar-refractivity contribution in [1.82, 2.24) is 4.90 Å². The number of benzene rings is 1. The molecule has 0 aliphatic carbocycles. The Hall–Kier alpha value is -1.91. The molecule has 0 bridgehead atoms. The number of aliphatic carboxylic acids is 1. The van der Waals surface area contributed by atoms with Gasteiger partial charge < -0.3 is 10.0 Å². The van der Waals surface area contributed by atoms with Gasteiger partial charge in [0.2, 0.25) is 0 Å². The number of hydrogen-bond donors (Lipinski definition) is 1. The number of carboxylic acids is 1. The number of hydrogen-bond acceptors (Lipinski definition) is 2. The van der Waals surface area contributed by atoms with Gasteiger partial charge in [0.15, 0.2) is 0 Å². The number of rotatable bonds is 5. The molecule has 0 saturated carbocycles. The minimum atomic E-state index is -0.962. The lowest BCUT2D eigenvalue weighted by Crippen LogP contribution is -2.32. The van der Waals surface area contributed by atoms with Crippen molar-refractivity contribution in [2.24, 2.45) is 0 Å². The van der Waals surface area contributed by atoms with E-state index in [1.165, 1.54) is 17.0 Å². The van der Waals surface area contributed by atoms with E-state index in [9.17, 15) is 14.0 Å². The Kier molecular flexibility index (Phi) is 4.83. The first kappa shape index (κ1) is 14.2. The molecule has 98 valence electrons. The molecule has 0 atom stereocenters. The zero-order valence-corrected chi connectivity index (χ0v) is 10.4. The van der Waals surface area contributed by atoms with Crippen molar-refractivity contribution in [2.45, 2.75) is 20.3 Å². The van der Waals surface area contributed by atoms with Crippen LogP contribution < -0.4 is 0 Å². The van der Waals surface area contributed by atoms with Crippen LogP contribution in [-0.2, 0) is 4.79 Å². The highest BCUT2D eigenvalue weighted by Crippen LogP contribution is 2.11. The zero-order valence-electron chi connectivity index (χ0n) is 10.4. The normalized spacial score (nSPS) is 10.2. The summed E-state index contributed by atoms with van der Waals surface area (Å²) in [5, 5.41) is 8.59. The third-order valence-corrected chi connectivity index (χ3v) is 2.68. The van der Waals surface area contributed by atoms with Crippen LogP contribution >= 0.6 is 0 Å². The van der Waals surface area contributed by atoms with E-state index in [1.54, 1.807) is 19.9 Å². The highest BCUT2D eigenvalue weighted by Gasteiger charge is 2.16. The van der Waals surface area contributed by atoms with Gasteiger partial charge in [0.1, 0.15) is 5.82 Å². The number of amides is 1. The smallest absolute Gasteiger partial charge is 0.305 e. The largest absolute Gasteiger partial charge is 0.481 e. The summed E-state index contributed by atoms with van der Waals surface area (Å²) in [5.74, 6) is -1.75. The van der Waals surface area contributed by atoms with Crippen LogP contribution in [0.25, 0.3) is 0 Å². The maximum absolute atomic E-state index is 13.4. The third-order valence-electron chi connectivity index (χ3n) is 2.68. The highest BCUT2D eigenvalue weighted by atomic mass is 19.1. The summed E-state index contributed by atoms with van der Waals surface area (Å²) in [7, 11) is 0. The Balaban J connectivity index is 2.82. The lowest BCUT2D eigenvalue weighted by Gasteiger charge is -2.20. The molecule has 0 aliphatic rings. The summed E-state index contributed by atoms with van der Waals surface area (Å²) in [5.41, 5.74) is 0.713. The molecule has 0 aliphatic heterocycles. The van der Waals surface area contributed by atoms with Crippen molar-refractivity contribution in [1.29, 1.82) is 0 Å². The second kappa shape index (κ2) is 6.14. The second-order valence-electron chi connectivity index (χ2n) is 3.99. The monoisotopic (exact) mass is 253 g/mol. The molecular weight excluding hydrogens is 237 g/mol. The first-order valence-electron chi connectivity index (χ1n) is 5.73. The summed E-state index contributed by atoms with van der Waals surface area (Å²) in [4.78, 5) is 23.9. The van der Waals surface area contributed by atoms with Crippen LogP contribution in [0, 0.1) is 12.7 Å². The number of halogens is 1. The fourth-order valence-electron chi connectivity index (χ4n) is 1.54. The average molecular weight is 253 g/mol. The van der Waals surface area contributed by atoms with Gasteiger partial charge in [-0.25, -0.2) is 4.39 Å². The fraction of sp³-hybridized carbons (Fsp3) is 0.385. The SMILES string of the molecule is CCN(CCC(=O)O)C(=O)c1ccc(C)c(F)c1. The first-order chi connectivity index (χ1) is 8.45. The molecule has 0 saturated heterocycles. The Morgan fingerprint density at radius 3 is 2.56 bits per heavy atom. The van der Waals surface area contributed by atoms with E-state index in [1.807, 2.05) is 0 Å². The molecule has 1 rings (SSSR count). The van der Waals surface area contributed by atoms with E-state index in [0.29, 0.717) is 12.1 Å². The van der Waals surface area contributed by atoms with Crippen LogP contribution in [0.5, 0.6) is 0 Å². The van der Waals surface area contributed by atoms with Gasteiger partial charge in [0.25, 0.3) is 5.91 Å². The van der Waals surface area contributed by atoms with Gasteiger partial charge in [-0.3, -0.25) is 9.59 Å². The van der Waals surface area contributed by atoms with Gasteiger partial charge in [0, 0.05) is 18.7 Å². The standard InChI is InChI=1S/C13H16FNO3/c1-3-15(7-6-12(16)17)13(18)10-5-4-9(2)11(14)8-10/h4-5,8H,3,6-7H2,1-2H3,(H,16,17). The van der Waals surface area contributed by atoms with Crippen LogP contribution in [0.2, 0.25) is 0 Å². The zero-order chi connectivity index (χ0) is 13.7. The van der Waals surface area contributed by atoms with Crippen molar-refractivity contribution in [3.63, 3.8) is 0 Å². The molecule has 1 N–H and O–H groups in total. The molecule has 0 heterocycles. The molecule has 5 heteroatoms. The number of carbonyl (C=O) groups is 2. The van der Waals surface area contributed by atoms with Gasteiger partial charge in [-0.15, -0.1) is 0 Å². The van der Waals surface area contributed by atoms with Crippen molar-refractivity contribution in [3.05, 3.63) is 35.1 Å². The third kappa shape index (κ3) is 3.55. The molecule has 0 aromatic heterocycles. The van der Waals surface area contributed by atoms with E-state index < -0.39 is 11.8 Å². The van der Waals surface area contributed by atoms with E-state index in [-0.39, 0.29) is 24.4 Å². The quantitative estimate of drug-likeness (QED) is 0.874. The molecule has 4 nitrogen and oxygen atoms in total. The summed E-state index contributed by atoms with van der Waals surface area (Å²) < 4.78 is 13.4. The van der Waals surface area contributed by atoms with Crippen LogP contribution in [-0.4, -0.2) is 35.0 Å². The molecule has 0 fully saturated rings. The molecule has 0 radical (unpaired) electrons. The second-order valence-corrected chi connectivity index (χ2v) is 3.99. The average Bonchev–Trinajstić information content (AvgIpc) is 2.32. The fourth-order valence-corrected chi connectivity index (χ4v) is 1.54. The Morgan fingerprint density at radius 1 is 1.39 bits per heavy atom. The van der Waals surface area contributed by atoms with E-state index in [4.69, 9.17) is 5.11 Å². The molecule has 0 spiro atoms. The summed E-state index contributed by atoms with van der Waals surface area (Å²) in [6, 6.07) is 4.26. The van der Waals surface area contributed by atoms with Crippen molar-refractivity contribution < 1.29 is 19.1 Å². The van der Waals surface area contributed by atoms with Crippen LogP contribution in [0.1, 0.15) is 29.3 Å². The minimum Gasteiger partial charge on any atom is -0.481 e. The Morgan fingerprint density at radius 2 is 2.06 bits per heavy atom. The van der Waals surface area contributed by atoms with Crippen molar-refractivity contribution >= 4 is 11.9 Å². The molecule has 1 amide bonds. The molecule has 18 heavy (non-hydrogen) atoms. The van der Waals surface area contributed by atoms with Gasteiger partial charge in [0.05, 0.1) is 6.42 Å². The van der Waals surface area contributed by atoms with E-state index in [2.05, 4.69) is 0 Å². The first-order valence-corrected chi connectivity index (χ1v) is 5.73. The Bertz CT molecular complexity index is 460. The predicted molar refractivity (Wildman–Crippen MR) is 65.0 cm³/mol. The van der Waals surface area contributed by atoms with Gasteiger partial charge in [-0.05, 0) is 31.5 Å². The van der Waals surface area contributed by atoms with Crippen molar-refractivity contribution in [3.8, 4) is 0 Å². The van der Waals surface area contributed by atoms with Gasteiger partial charge in [-0.2, -0.15) is 0 Å². The van der Waals surface area contributed by atoms with Crippen molar-refractivity contribution in [2.75, 3.05) is 13.1 Å². The Labute approximate surface area is 105 Å². The van der Waals surface area contributed by atoms with Crippen LogP contribution in [0.3, 0.4) is 0 Å². The lowest BCUT2D eigenvalue weighted by molar-refractivity contribution is -0.137. The number of carbonyl (C=O) groups excluding carboxylic acids is 1. The summed E-state index contributed by atoms with van der Waals surface area (Å²) in [6.45, 7) is 3.89. The number of carboxylic acid groups (broad SMARTS) is 1. The lowest BCUT2D eigenvalue weighted by atomic mass is 10.1. The topological polar surface area (TPSA) is 57.6 Å². The van der Waals surface area contributed by atoms with E-state index >= 15 is 0 Å². The molecule has 0 unspecified atom stereocenters. The maximum Gasteiger partial charge on any atom is 0.305 e. The van der Waals surface area contributed by atoms with Gasteiger partial charge in [-0.1, -0.05) is 6.07 Å². The predicted octanol–water partition coefficient (Wildman–Crippen LogP) is 2.07. The van der Waals surface area contributed by atoms with Gasteiger partial charge >= 0.3 is 5.97 Å². The molecule has 1 aromatic carbocycles. The van der Waals surface area contributed by atoms with Crippen LogP contribution in [0.15, 0.2) is 18.2 Å². The highest BCUT2D eigenvalue weighted by molar-refractivity contribution is 5.94. The number of aryl methyl sites for hydroxylation is 1. The minimum absolute atomic E-state index is 0.117. The summed E-state index contributed by atoms with van der Waals surface area (Å²) >= 11 is 0. The van der Waals surface area contributed by atoms with Crippen LogP contribution in [0.4, 0.5) is 4.39 Å². The summed E-state index contributed by atoms with van der Waals surface area (Å²) in [6.07, 6.45) is -0.117. The maximum atomic E-state index is 13.4. The molecule has 1 aromatic rings. The molecular formula is C13H16FNO3. The number of nitrogens with zero attached hydrogens (tertiary/aromatic N) is 1.